The van der Waals surface area contributed by atoms with Crippen molar-refractivity contribution < 1.29 is 9.15 Å². The van der Waals surface area contributed by atoms with Crippen LogP contribution in [0.5, 0.6) is 0 Å². The van der Waals surface area contributed by atoms with Gasteiger partial charge in [0.05, 0.1) is 18.2 Å². The van der Waals surface area contributed by atoms with Crippen LogP contribution in [0.15, 0.2) is 10.5 Å². The van der Waals surface area contributed by atoms with Gasteiger partial charge in [0.25, 0.3) is 0 Å². The topological polar surface area (TPSA) is 37.6 Å². The Hall–Kier alpha value is -0.840. The van der Waals surface area contributed by atoms with Gasteiger partial charge in [-0.25, -0.2) is 0 Å². The molecule has 4 nitrogen and oxygen atoms in total. The molecule has 1 fully saturated rings. The first-order valence-electron chi connectivity index (χ1n) is 7.02. The molecule has 2 rings (SSSR count). The Kier molecular flexibility index (Phi) is 4.33. The fourth-order valence-electron chi connectivity index (χ4n) is 2.96. The Morgan fingerprint density at radius 1 is 1.47 bits per heavy atom. The standard InChI is InChI=1S/C15H26N2O2/c1-11-8-17(10-15(3,4)19-11)9-14-6-13(7-16-5)12(2)18-14/h6,11,16H,7-10H2,1-5H3. The van der Waals surface area contributed by atoms with Gasteiger partial charge < -0.3 is 14.5 Å². The minimum Gasteiger partial charge on any atom is -0.465 e. The number of hydrogen-bond donors (Lipinski definition) is 1. The Bertz CT molecular complexity index is 426. The lowest BCUT2D eigenvalue weighted by Crippen LogP contribution is -2.51. The predicted molar refractivity (Wildman–Crippen MR) is 76.1 cm³/mol. The van der Waals surface area contributed by atoms with Crippen LogP contribution in [0, 0.1) is 6.92 Å². The maximum absolute atomic E-state index is 5.93. The average Bonchev–Trinajstić information content (AvgIpc) is 2.56. The van der Waals surface area contributed by atoms with Crippen LogP contribution in [0.1, 0.15) is 37.9 Å². The minimum atomic E-state index is -0.0763. The largest absolute Gasteiger partial charge is 0.465 e. The van der Waals surface area contributed by atoms with Gasteiger partial charge in [-0.15, -0.1) is 0 Å². The van der Waals surface area contributed by atoms with Crippen molar-refractivity contribution in [2.75, 3.05) is 20.1 Å². The van der Waals surface area contributed by atoms with Crippen LogP contribution in [-0.2, 0) is 17.8 Å². The zero-order valence-corrected chi connectivity index (χ0v) is 12.7. The van der Waals surface area contributed by atoms with E-state index >= 15 is 0 Å². The molecule has 1 aromatic rings. The van der Waals surface area contributed by atoms with E-state index < -0.39 is 0 Å². The van der Waals surface area contributed by atoms with Crippen LogP contribution in [0.4, 0.5) is 0 Å². The van der Waals surface area contributed by atoms with Crippen molar-refractivity contribution in [3.8, 4) is 0 Å². The lowest BCUT2D eigenvalue weighted by Gasteiger charge is -2.41. The van der Waals surface area contributed by atoms with Crippen molar-refractivity contribution in [1.82, 2.24) is 10.2 Å². The molecule has 0 radical (unpaired) electrons. The summed E-state index contributed by atoms with van der Waals surface area (Å²) in [6, 6.07) is 2.17. The molecular weight excluding hydrogens is 240 g/mol. The molecule has 1 N–H and O–H groups in total. The van der Waals surface area contributed by atoms with Crippen LogP contribution in [0.2, 0.25) is 0 Å². The molecule has 1 aliphatic heterocycles. The number of nitrogens with one attached hydrogen (secondary N) is 1. The van der Waals surface area contributed by atoms with Crippen molar-refractivity contribution in [2.24, 2.45) is 0 Å². The van der Waals surface area contributed by atoms with Gasteiger partial charge >= 0.3 is 0 Å². The van der Waals surface area contributed by atoms with Crippen molar-refractivity contribution in [3.05, 3.63) is 23.2 Å². The van der Waals surface area contributed by atoms with Gasteiger partial charge in [0.15, 0.2) is 0 Å². The van der Waals surface area contributed by atoms with E-state index in [4.69, 9.17) is 9.15 Å². The Morgan fingerprint density at radius 2 is 2.21 bits per heavy atom. The van der Waals surface area contributed by atoms with Gasteiger partial charge in [-0.3, -0.25) is 4.90 Å². The zero-order chi connectivity index (χ0) is 14.0. The van der Waals surface area contributed by atoms with E-state index in [2.05, 4.69) is 37.1 Å². The second-order valence-electron chi connectivity index (χ2n) is 6.18. The number of aryl methyl sites for hydroxylation is 1. The molecule has 1 atom stereocenters. The van der Waals surface area contributed by atoms with E-state index in [1.165, 1.54) is 5.56 Å². The van der Waals surface area contributed by atoms with Gasteiger partial charge in [0, 0.05) is 25.2 Å². The van der Waals surface area contributed by atoms with Gasteiger partial charge in [-0.1, -0.05) is 0 Å². The smallest absolute Gasteiger partial charge is 0.118 e. The van der Waals surface area contributed by atoms with Gasteiger partial charge in [-0.2, -0.15) is 0 Å². The van der Waals surface area contributed by atoms with Gasteiger partial charge in [0.1, 0.15) is 11.5 Å². The second-order valence-corrected chi connectivity index (χ2v) is 6.18. The highest BCUT2D eigenvalue weighted by atomic mass is 16.5. The third-order valence-corrected chi connectivity index (χ3v) is 3.46. The van der Waals surface area contributed by atoms with Crippen molar-refractivity contribution in [1.29, 1.82) is 0 Å². The molecule has 0 aromatic carbocycles. The molecule has 108 valence electrons. The summed E-state index contributed by atoms with van der Waals surface area (Å²) in [5.74, 6) is 2.07. The Balaban J connectivity index is 2.02. The molecule has 1 unspecified atom stereocenters. The van der Waals surface area contributed by atoms with E-state index in [1.54, 1.807) is 0 Å². The molecular formula is C15H26N2O2. The highest BCUT2D eigenvalue weighted by Gasteiger charge is 2.31. The lowest BCUT2D eigenvalue weighted by molar-refractivity contribution is -0.131. The third kappa shape index (κ3) is 3.81. The normalized spacial score (nSPS) is 23.7. The Morgan fingerprint density at radius 3 is 2.84 bits per heavy atom. The van der Waals surface area contributed by atoms with E-state index in [1.807, 2.05) is 14.0 Å². The number of furan rings is 1. The van der Waals surface area contributed by atoms with E-state index in [9.17, 15) is 0 Å². The van der Waals surface area contributed by atoms with Crippen LogP contribution in [0.25, 0.3) is 0 Å². The molecule has 1 aliphatic rings. The minimum absolute atomic E-state index is 0.0763. The number of hydrogen-bond acceptors (Lipinski definition) is 4. The molecule has 0 spiro atoms. The van der Waals surface area contributed by atoms with Gasteiger partial charge in [0.2, 0.25) is 0 Å². The molecule has 2 heterocycles. The zero-order valence-electron chi connectivity index (χ0n) is 12.7. The first kappa shape index (κ1) is 14.6. The fourth-order valence-corrected chi connectivity index (χ4v) is 2.96. The summed E-state index contributed by atoms with van der Waals surface area (Å²) in [4.78, 5) is 2.41. The van der Waals surface area contributed by atoms with Crippen molar-refractivity contribution in [2.45, 2.75) is 52.5 Å². The van der Waals surface area contributed by atoms with Crippen molar-refractivity contribution in [3.63, 3.8) is 0 Å². The monoisotopic (exact) mass is 266 g/mol. The van der Waals surface area contributed by atoms with Crippen molar-refractivity contribution >= 4 is 0 Å². The molecule has 4 heteroatoms. The molecule has 0 aliphatic carbocycles. The summed E-state index contributed by atoms with van der Waals surface area (Å²) in [6.07, 6.45) is 0.275. The molecule has 19 heavy (non-hydrogen) atoms. The predicted octanol–water partition coefficient (Wildman–Crippen LogP) is 2.31. The van der Waals surface area contributed by atoms with Gasteiger partial charge in [-0.05, 0) is 40.8 Å². The summed E-state index contributed by atoms with van der Waals surface area (Å²) < 4.78 is 11.8. The summed E-state index contributed by atoms with van der Waals surface area (Å²) >= 11 is 0. The molecule has 0 amide bonds. The quantitative estimate of drug-likeness (QED) is 0.907. The number of nitrogens with zero attached hydrogens (tertiary/aromatic N) is 1. The first-order valence-corrected chi connectivity index (χ1v) is 7.02. The molecule has 0 bridgehead atoms. The van der Waals surface area contributed by atoms with Crippen LogP contribution in [-0.4, -0.2) is 36.7 Å². The Labute approximate surface area is 116 Å². The third-order valence-electron chi connectivity index (χ3n) is 3.46. The fraction of sp³-hybridized carbons (Fsp3) is 0.733. The van der Waals surface area contributed by atoms with Crippen LogP contribution in [0.3, 0.4) is 0 Å². The first-order chi connectivity index (χ1) is 8.89. The highest BCUT2D eigenvalue weighted by Crippen LogP contribution is 2.23. The van der Waals surface area contributed by atoms with Crippen LogP contribution >= 0.6 is 0 Å². The summed E-state index contributed by atoms with van der Waals surface area (Å²) in [5, 5.41) is 3.17. The number of morpholine rings is 1. The highest BCUT2D eigenvalue weighted by molar-refractivity contribution is 5.20. The van der Waals surface area contributed by atoms with Crippen LogP contribution < -0.4 is 5.32 Å². The second kappa shape index (κ2) is 5.65. The summed E-state index contributed by atoms with van der Waals surface area (Å²) in [6.45, 7) is 12.1. The van der Waals surface area contributed by atoms with E-state index in [0.717, 1.165) is 37.7 Å². The van der Waals surface area contributed by atoms with E-state index in [0.29, 0.717) is 0 Å². The lowest BCUT2D eigenvalue weighted by atomic mass is 10.1. The summed E-state index contributed by atoms with van der Waals surface area (Å²) in [7, 11) is 1.96. The number of ether oxygens (including phenoxy) is 1. The number of rotatable bonds is 4. The average molecular weight is 266 g/mol. The summed E-state index contributed by atoms with van der Waals surface area (Å²) in [5.41, 5.74) is 1.17. The molecule has 0 saturated carbocycles. The maximum Gasteiger partial charge on any atom is 0.118 e. The SMILES string of the molecule is CNCc1cc(CN2CC(C)OC(C)(C)C2)oc1C. The molecule has 1 saturated heterocycles. The maximum atomic E-state index is 5.93. The van der Waals surface area contributed by atoms with E-state index in [-0.39, 0.29) is 11.7 Å². The molecule has 1 aromatic heterocycles.